The van der Waals surface area contributed by atoms with Crippen LogP contribution in [-0.2, 0) is 18.3 Å². The van der Waals surface area contributed by atoms with E-state index in [0.29, 0.717) is 12.2 Å². The van der Waals surface area contributed by atoms with Gasteiger partial charge in [0.1, 0.15) is 5.82 Å². The van der Waals surface area contributed by atoms with Gasteiger partial charge in [-0.15, -0.1) is 10.2 Å². The quantitative estimate of drug-likeness (QED) is 0.564. The van der Waals surface area contributed by atoms with E-state index in [9.17, 15) is 4.79 Å². The van der Waals surface area contributed by atoms with Crippen molar-refractivity contribution in [1.82, 2.24) is 24.2 Å². The Morgan fingerprint density at radius 2 is 1.87 bits per heavy atom. The highest BCUT2D eigenvalue weighted by atomic mass is 32.2. The van der Waals surface area contributed by atoms with Crippen molar-refractivity contribution in [2.75, 3.05) is 18.8 Å². The zero-order valence-electron chi connectivity index (χ0n) is 18.0. The number of nitrogens with zero attached hydrogens (tertiary/aromatic N) is 5. The first-order valence-corrected chi connectivity index (χ1v) is 11.5. The van der Waals surface area contributed by atoms with Gasteiger partial charge in [0.25, 0.3) is 0 Å². The molecule has 1 fully saturated rings. The van der Waals surface area contributed by atoms with Crippen LogP contribution in [0.25, 0.3) is 5.69 Å². The van der Waals surface area contributed by atoms with Crippen LogP contribution in [0.5, 0.6) is 0 Å². The second-order valence-electron chi connectivity index (χ2n) is 7.97. The molecule has 30 heavy (non-hydrogen) atoms. The normalized spacial score (nSPS) is 14.3. The first-order chi connectivity index (χ1) is 14.5. The van der Waals surface area contributed by atoms with Crippen LogP contribution < -0.4 is 0 Å². The molecule has 0 saturated carbocycles. The first-order valence-electron chi connectivity index (χ1n) is 10.6. The third-order valence-corrected chi connectivity index (χ3v) is 6.86. The molecule has 1 saturated heterocycles. The number of carbonyl (C=O) groups excluding carboxylic acids is 1. The largest absolute Gasteiger partial charge is 0.354 e. The Kier molecular flexibility index (Phi) is 6.27. The van der Waals surface area contributed by atoms with E-state index in [0.717, 1.165) is 42.6 Å². The molecule has 2 aromatic heterocycles. The maximum absolute atomic E-state index is 12.7. The summed E-state index contributed by atoms with van der Waals surface area (Å²) in [6.45, 7) is 6.00. The zero-order chi connectivity index (χ0) is 21.1. The van der Waals surface area contributed by atoms with E-state index >= 15 is 0 Å². The van der Waals surface area contributed by atoms with Gasteiger partial charge in [-0.3, -0.25) is 9.36 Å². The van der Waals surface area contributed by atoms with Crippen LogP contribution >= 0.6 is 11.8 Å². The van der Waals surface area contributed by atoms with Crippen LogP contribution in [0.15, 0.2) is 41.7 Å². The summed E-state index contributed by atoms with van der Waals surface area (Å²) < 4.78 is 4.23. The van der Waals surface area contributed by atoms with E-state index < -0.39 is 0 Å². The second kappa shape index (κ2) is 9.08. The van der Waals surface area contributed by atoms with Crippen molar-refractivity contribution in [3.05, 3.63) is 59.2 Å². The Morgan fingerprint density at radius 1 is 1.07 bits per heavy atom. The molecule has 158 valence electrons. The fraction of sp³-hybridized carbons (Fsp3) is 0.435. The lowest BCUT2D eigenvalue weighted by molar-refractivity contribution is -0.129. The van der Waals surface area contributed by atoms with Crippen molar-refractivity contribution >= 4 is 17.7 Å². The average Bonchev–Trinajstić information content (AvgIpc) is 3.35. The van der Waals surface area contributed by atoms with E-state index in [-0.39, 0.29) is 5.91 Å². The molecule has 3 aromatic rings. The number of aryl methyl sites for hydroxylation is 2. The minimum Gasteiger partial charge on any atom is -0.354 e. The predicted octanol–water partition coefficient (Wildman–Crippen LogP) is 3.92. The van der Waals surface area contributed by atoms with Crippen LogP contribution in [0, 0.1) is 13.8 Å². The molecule has 3 heterocycles. The highest BCUT2D eigenvalue weighted by Gasteiger charge is 2.21. The van der Waals surface area contributed by atoms with Gasteiger partial charge in [0.15, 0.2) is 5.16 Å². The number of thioether (sulfide) groups is 1. The summed E-state index contributed by atoms with van der Waals surface area (Å²) in [5.41, 5.74) is 4.69. The van der Waals surface area contributed by atoms with E-state index in [1.165, 1.54) is 35.0 Å². The average molecular weight is 424 g/mol. The molecule has 1 aliphatic heterocycles. The van der Waals surface area contributed by atoms with Gasteiger partial charge in [-0.1, -0.05) is 23.9 Å². The smallest absolute Gasteiger partial charge is 0.233 e. The lowest BCUT2D eigenvalue weighted by Crippen LogP contribution is -2.36. The third-order valence-electron chi connectivity index (χ3n) is 5.94. The second-order valence-corrected chi connectivity index (χ2v) is 8.91. The standard InChI is InChI=1S/C23H29N5OS/c1-17-9-7-11-20(18(17)2)28-21(15-19-10-8-12-26(19)3)24-25-23(28)30-16-22(29)27-13-5-4-6-14-27/h7-12H,4-6,13-16H2,1-3H3. The Bertz CT molecular complexity index is 1030. The number of hydrogen-bond acceptors (Lipinski definition) is 4. The molecule has 0 bridgehead atoms. The fourth-order valence-electron chi connectivity index (χ4n) is 3.93. The lowest BCUT2D eigenvalue weighted by atomic mass is 10.1. The van der Waals surface area contributed by atoms with Crippen molar-refractivity contribution < 1.29 is 4.79 Å². The Morgan fingerprint density at radius 3 is 2.60 bits per heavy atom. The number of likely N-dealkylation sites (tertiary alicyclic amines) is 1. The molecule has 0 radical (unpaired) electrons. The molecule has 0 aliphatic carbocycles. The summed E-state index contributed by atoms with van der Waals surface area (Å²) in [4.78, 5) is 14.7. The van der Waals surface area contributed by atoms with Crippen LogP contribution in [0.1, 0.15) is 41.9 Å². The third kappa shape index (κ3) is 4.31. The van der Waals surface area contributed by atoms with Crippen molar-refractivity contribution in [3.63, 3.8) is 0 Å². The van der Waals surface area contributed by atoms with Crippen molar-refractivity contribution in [3.8, 4) is 5.69 Å². The van der Waals surface area contributed by atoms with Gasteiger partial charge < -0.3 is 9.47 Å². The van der Waals surface area contributed by atoms with E-state index in [1.807, 2.05) is 24.2 Å². The highest BCUT2D eigenvalue weighted by molar-refractivity contribution is 7.99. The van der Waals surface area contributed by atoms with Crippen molar-refractivity contribution in [2.45, 2.75) is 44.7 Å². The summed E-state index contributed by atoms with van der Waals surface area (Å²) in [5, 5.41) is 9.79. The fourth-order valence-corrected chi connectivity index (χ4v) is 4.80. The van der Waals surface area contributed by atoms with Crippen LogP contribution in [0.2, 0.25) is 0 Å². The summed E-state index contributed by atoms with van der Waals surface area (Å²) in [6.07, 6.45) is 6.16. The molecule has 1 aliphatic rings. The van der Waals surface area contributed by atoms with Gasteiger partial charge in [-0.05, 0) is 62.4 Å². The molecule has 4 rings (SSSR count). The van der Waals surface area contributed by atoms with Crippen LogP contribution in [-0.4, -0.2) is 49.0 Å². The first kappa shape index (κ1) is 20.7. The molecular weight excluding hydrogens is 394 g/mol. The van der Waals surface area contributed by atoms with E-state index in [1.54, 1.807) is 0 Å². The maximum atomic E-state index is 12.7. The molecular formula is C23H29N5OS. The molecule has 0 N–H and O–H groups in total. The zero-order valence-corrected chi connectivity index (χ0v) is 18.8. The van der Waals surface area contributed by atoms with Gasteiger partial charge in [-0.25, -0.2) is 0 Å². The SMILES string of the molecule is Cc1cccc(-n2c(Cc3cccn3C)nnc2SCC(=O)N2CCCCC2)c1C. The van der Waals surface area contributed by atoms with Gasteiger partial charge in [-0.2, -0.15) is 0 Å². The summed E-state index contributed by atoms with van der Waals surface area (Å²) in [5.74, 6) is 1.48. The number of hydrogen-bond donors (Lipinski definition) is 0. The Labute approximate surface area is 182 Å². The molecule has 1 aromatic carbocycles. The highest BCUT2D eigenvalue weighted by Crippen LogP contribution is 2.27. The monoisotopic (exact) mass is 423 g/mol. The van der Waals surface area contributed by atoms with Crippen LogP contribution in [0.4, 0.5) is 0 Å². The minimum absolute atomic E-state index is 0.194. The van der Waals surface area contributed by atoms with Gasteiger partial charge in [0.2, 0.25) is 5.91 Å². The minimum atomic E-state index is 0.194. The molecule has 0 atom stereocenters. The summed E-state index contributed by atoms with van der Waals surface area (Å²) in [6, 6.07) is 10.4. The molecule has 7 heteroatoms. The summed E-state index contributed by atoms with van der Waals surface area (Å²) >= 11 is 1.49. The van der Waals surface area contributed by atoms with E-state index in [4.69, 9.17) is 0 Å². The molecule has 0 unspecified atom stereocenters. The van der Waals surface area contributed by atoms with E-state index in [2.05, 4.69) is 57.4 Å². The van der Waals surface area contributed by atoms with Gasteiger partial charge in [0, 0.05) is 38.4 Å². The number of benzene rings is 1. The Balaban J connectivity index is 1.63. The summed E-state index contributed by atoms with van der Waals surface area (Å²) in [7, 11) is 2.04. The Hall–Kier alpha value is -2.54. The number of piperidine rings is 1. The number of aromatic nitrogens is 4. The molecule has 6 nitrogen and oxygen atoms in total. The van der Waals surface area contributed by atoms with Gasteiger partial charge >= 0.3 is 0 Å². The molecule has 0 spiro atoms. The van der Waals surface area contributed by atoms with Gasteiger partial charge in [0.05, 0.1) is 11.4 Å². The lowest BCUT2D eigenvalue weighted by Gasteiger charge is -2.26. The number of amides is 1. The topological polar surface area (TPSA) is 56.0 Å². The van der Waals surface area contributed by atoms with Crippen molar-refractivity contribution in [2.24, 2.45) is 7.05 Å². The van der Waals surface area contributed by atoms with Crippen molar-refractivity contribution in [1.29, 1.82) is 0 Å². The number of carbonyl (C=O) groups is 1. The van der Waals surface area contributed by atoms with Crippen LogP contribution in [0.3, 0.4) is 0 Å². The number of rotatable bonds is 6. The predicted molar refractivity (Wildman–Crippen MR) is 120 cm³/mol. The molecule has 1 amide bonds. The maximum Gasteiger partial charge on any atom is 0.233 e.